The van der Waals surface area contributed by atoms with Gasteiger partial charge in [-0.1, -0.05) is 205 Å². The molecule has 0 saturated heterocycles. The Morgan fingerprint density at radius 2 is 0.981 bits per heavy atom. The number of rotatable bonds is 18. The molecule has 0 amide bonds. The molecule has 0 aliphatic carbocycles. The number of hydrogen-bond donors (Lipinski definition) is 2. The van der Waals surface area contributed by atoms with Crippen LogP contribution < -0.4 is 10.4 Å². The molecule has 5 rings (SSSR count). The smallest absolute Gasteiger partial charge is 0.261 e. The molecule has 1 unspecified atom stereocenters. The Labute approximate surface area is 313 Å². The molecular weight excluding hydrogens is 657 g/mol. The summed E-state index contributed by atoms with van der Waals surface area (Å²) < 4.78 is 14.4. The molecule has 0 aromatic heterocycles. The molecule has 5 aromatic rings. The fourth-order valence-corrected chi connectivity index (χ4v) is 12.4. The molecular formula is C47H58O4Si. The molecule has 0 saturated carbocycles. The first-order chi connectivity index (χ1) is 25.1. The van der Waals surface area contributed by atoms with E-state index in [2.05, 4.69) is 113 Å². The maximum atomic E-state index is 12.4. The van der Waals surface area contributed by atoms with Crippen LogP contribution in [0.1, 0.15) is 83.4 Å². The Morgan fingerprint density at radius 3 is 1.37 bits per heavy atom. The topological polar surface area (TPSA) is 58.9 Å². The Bertz CT molecular complexity index is 1600. The van der Waals surface area contributed by atoms with Crippen molar-refractivity contribution in [1.29, 1.82) is 0 Å². The van der Waals surface area contributed by atoms with E-state index in [1.165, 1.54) is 0 Å². The van der Waals surface area contributed by atoms with Gasteiger partial charge in [-0.15, -0.1) is 0 Å². The van der Waals surface area contributed by atoms with E-state index >= 15 is 0 Å². The van der Waals surface area contributed by atoms with Crippen LogP contribution in [0, 0.1) is 5.92 Å². The number of benzene rings is 5. The van der Waals surface area contributed by atoms with Gasteiger partial charge in [0.25, 0.3) is 8.32 Å². The van der Waals surface area contributed by atoms with E-state index in [0.29, 0.717) is 6.42 Å². The molecule has 0 spiro atoms. The number of ether oxygens (including phenoxy) is 1. The average Bonchev–Trinajstić information content (AvgIpc) is 3.17. The van der Waals surface area contributed by atoms with E-state index in [1.807, 2.05) is 66.7 Å². The van der Waals surface area contributed by atoms with Crippen molar-refractivity contribution in [2.45, 2.75) is 89.1 Å². The van der Waals surface area contributed by atoms with Gasteiger partial charge in [0, 0.05) is 5.92 Å². The largest absolute Gasteiger partial charge is 0.404 e. The SMILES string of the molecule is CCCCCC[C@@H](COC(c1ccccc1)(c1ccccc1)c1ccccc1)[C@@H](O)C(C)(O)CO[Si](c1ccccc1)(c1ccccc1)C(C)(C)C. The van der Waals surface area contributed by atoms with Crippen molar-refractivity contribution >= 4 is 18.7 Å². The molecule has 0 bridgehead atoms. The first-order valence-electron chi connectivity index (χ1n) is 19.0. The van der Waals surface area contributed by atoms with Crippen LogP contribution >= 0.6 is 0 Å². The van der Waals surface area contributed by atoms with Crippen molar-refractivity contribution in [2.24, 2.45) is 5.92 Å². The fourth-order valence-electron chi connectivity index (χ4n) is 7.78. The Morgan fingerprint density at radius 1 is 0.577 bits per heavy atom. The van der Waals surface area contributed by atoms with Crippen LogP contribution in [0.15, 0.2) is 152 Å². The van der Waals surface area contributed by atoms with Crippen molar-refractivity contribution in [3.63, 3.8) is 0 Å². The van der Waals surface area contributed by atoms with Crippen LogP contribution in [0.4, 0.5) is 0 Å². The molecule has 5 aromatic carbocycles. The predicted molar refractivity (Wildman–Crippen MR) is 218 cm³/mol. The van der Waals surface area contributed by atoms with Gasteiger partial charge in [-0.25, -0.2) is 0 Å². The number of aliphatic hydroxyl groups is 2. The summed E-state index contributed by atoms with van der Waals surface area (Å²) >= 11 is 0. The zero-order chi connectivity index (χ0) is 37.1. The van der Waals surface area contributed by atoms with Crippen molar-refractivity contribution in [3.8, 4) is 0 Å². The maximum Gasteiger partial charge on any atom is 0.261 e. The minimum Gasteiger partial charge on any atom is -0.404 e. The lowest BCUT2D eigenvalue weighted by Crippen LogP contribution is -2.68. The molecule has 5 heteroatoms. The fraction of sp³-hybridized carbons (Fsp3) is 0.362. The summed E-state index contributed by atoms with van der Waals surface area (Å²) in [6.45, 7) is 10.8. The van der Waals surface area contributed by atoms with Crippen LogP contribution in [-0.4, -0.2) is 43.4 Å². The first kappa shape index (κ1) is 39.4. The van der Waals surface area contributed by atoms with E-state index in [9.17, 15) is 10.2 Å². The third-order valence-corrected chi connectivity index (χ3v) is 15.5. The van der Waals surface area contributed by atoms with Gasteiger partial charge in [0.2, 0.25) is 0 Å². The summed E-state index contributed by atoms with van der Waals surface area (Å²) in [5, 5.41) is 26.7. The Hall–Kier alpha value is -3.84. The van der Waals surface area contributed by atoms with Gasteiger partial charge in [-0.3, -0.25) is 0 Å². The lowest BCUT2D eigenvalue weighted by atomic mass is 9.79. The second-order valence-corrected chi connectivity index (χ2v) is 19.8. The summed E-state index contributed by atoms with van der Waals surface area (Å²) in [7, 11) is -2.96. The van der Waals surface area contributed by atoms with Crippen molar-refractivity contribution < 1.29 is 19.4 Å². The van der Waals surface area contributed by atoms with E-state index in [1.54, 1.807) is 6.92 Å². The normalized spacial score (nSPS) is 14.8. The van der Waals surface area contributed by atoms with Gasteiger partial charge in [0.15, 0.2) is 0 Å². The monoisotopic (exact) mass is 714 g/mol. The van der Waals surface area contributed by atoms with Crippen LogP contribution in [0.5, 0.6) is 0 Å². The molecule has 0 fully saturated rings. The highest BCUT2D eigenvalue weighted by atomic mass is 28.4. The van der Waals surface area contributed by atoms with E-state index in [4.69, 9.17) is 9.16 Å². The van der Waals surface area contributed by atoms with Crippen molar-refractivity contribution in [1.82, 2.24) is 0 Å². The third-order valence-electron chi connectivity index (χ3n) is 10.6. The first-order valence-corrected chi connectivity index (χ1v) is 20.9. The minimum absolute atomic E-state index is 0.0197. The van der Waals surface area contributed by atoms with E-state index in [0.717, 1.165) is 52.7 Å². The van der Waals surface area contributed by atoms with Gasteiger partial charge >= 0.3 is 0 Å². The number of aliphatic hydroxyl groups excluding tert-OH is 1. The predicted octanol–water partition coefficient (Wildman–Crippen LogP) is 9.27. The molecule has 2 N–H and O–H groups in total. The molecule has 274 valence electrons. The average molecular weight is 715 g/mol. The highest BCUT2D eigenvalue weighted by molar-refractivity contribution is 6.99. The third kappa shape index (κ3) is 8.68. The quantitative estimate of drug-likeness (QED) is 0.0540. The van der Waals surface area contributed by atoms with Crippen molar-refractivity contribution in [2.75, 3.05) is 13.2 Å². The van der Waals surface area contributed by atoms with Crippen LogP contribution in [0.2, 0.25) is 5.04 Å². The molecule has 0 radical (unpaired) electrons. The molecule has 0 aliphatic heterocycles. The second-order valence-electron chi connectivity index (χ2n) is 15.5. The minimum atomic E-state index is -2.96. The zero-order valence-corrected chi connectivity index (χ0v) is 32.7. The molecule has 0 heterocycles. The van der Waals surface area contributed by atoms with Gasteiger partial charge in [-0.2, -0.15) is 0 Å². The number of unbranched alkanes of at least 4 members (excludes halogenated alkanes) is 3. The second kappa shape index (κ2) is 17.8. The van der Waals surface area contributed by atoms with Gasteiger partial charge in [0.05, 0.1) is 19.3 Å². The summed E-state index contributed by atoms with van der Waals surface area (Å²) in [4.78, 5) is 0. The van der Waals surface area contributed by atoms with Gasteiger partial charge < -0.3 is 19.4 Å². The highest BCUT2D eigenvalue weighted by Crippen LogP contribution is 2.42. The zero-order valence-electron chi connectivity index (χ0n) is 31.7. The maximum absolute atomic E-state index is 12.4. The lowest BCUT2D eigenvalue weighted by molar-refractivity contribution is -0.133. The van der Waals surface area contributed by atoms with Gasteiger partial charge in [0.1, 0.15) is 11.2 Å². The summed E-state index contributed by atoms with van der Waals surface area (Å²) in [5.74, 6) is -0.356. The van der Waals surface area contributed by atoms with Gasteiger partial charge in [-0.05, 0) is 45.4 Å². The number of hydrogen-bond acceptors (Lipinski definition) is 4. The molecule has 0 aliphatic rings. The van der Waals surface area contributed by atoms with E-state index in [-0.39, 0.29) is 24.2 Å². The van der Waals surface area contributed by atoms with Crippen LogP contribution in [0.3, 0.4) is 0 Å². The standard InChI is InChI=1S/C47H58O4Si/c1-6-7-8-14-25-38(36-50-47(39-26-15-9-16-27-39,40-28-17-10-18-29-40)41-30-19-11-20-31-41)44(48)46(5,49)37-51-52(45(2,3)4,42-32-21-12-22-33-42)43-34-23-13-24-35-43/h9-13,15-24,26-35,38,44,48-49H,6-8,14,25,36-37H2,1-5H3/t38-,44+,46?/m0/s1. The summed E-state index contributed by atoms with van der Waals surface area (Å²) in [6, 6.07) is 51.9. The van der Waals surface area contributed by atoms with E-state index < -0.39 is 25.6 Å². The summed E-state index contributed by atoms with van der Waals surface area (Å²) in [5.41, 5.74) is 0.540. The molecule has 4 nitrogen and oxygen atoms in total. The van der Waals surface area contributed by atoms with Crippen LogP contribution in [-0.2, 0) is 14.8 Å². The van der Waals surface area contributed by atoms with Crippen molar-refractivity contribution in [3.05, 3.63) is 168 Å². The molecule has 52 heavy (non-hydrogen) atoms. The van der Waals surface area contributed by atoms with Crippen LogP contribution in [0.25, 0.3) is 0 Å². The Balaban J connectivity index is 1.51. The Kier molecular flexibility index (Phi) is 13.5. The highest BCUT2D eigenvalue weighted by Gasteiger charge is 2.52. The molecule has 3 atom stereocenters. The summed E-state index contributed by atoms with van der Waals surface area (Å²) in [6.07, 6.45) is 3.84. The lowest BCUT2D eigenvalue weighted by Gasteiger charge is -2.45.